The first kappa shape index (κ1) is 12.9. The highest BCUT2D eigenvalue weighted by Gasteiger charge is 2.31. The zero-order valence-electron chi connectivity index (χ0n) is 11.5. The minimum absolute atomic E-state index is 0.403. The lowest BCUT2D eigenvalue weighted by molar-refractivity contribution is -0.138. The number of aliphatic carboxylic acids is 1. The molecular formula is C15H21NO2. The van der Waals surface area contributed by atoms with Gasteiger partial charge >= 0.3 is 5.97 Å². The quantitative estimate of drug-likeness (QED) is 0.891. The van der Waals surface area contributed by atoms with Crippen molar-refractivity contribution in [3.8, 4) is 0 Å². The average Bonchev–Trinajstić information content (AvgIpc) is 2.66. The molecule has 2 rings (SSSR count). The van der Waals surface area contributed by atoms with Crippen molar-refractivity contribution in [1.29, 1.82) is 0 Å². The van der Waals surface area contributed by atoms with Crippen molar-refractivity contribution in [1.82, 2.24) is 0 Å². The summed E-state index contributed by atoms with van der Waals surface area (Å²) in [7, 11) is 0. The Labute approximate surface area is 108 Å². The number of rotatable bonds is 3. The van der Waals surface area contributed by atoms with E-state index in [9.17, 15) is 9.90 Å². The number of fused-ring (bicyclic) bond motifs is 1. The molecule has 1 aliphatic rings. The Hall–Kier alpha value is -1.51. The molecule has 1 aromatic carbocycles. The molecule has 0 fully saturated rings. The highest BCUT2D eigenvalue weighted by Crippen LogP contribution is 2.41. The molecule has 1 aliphatic heterocycles. The van der Waals surface area contributed by atoms with Gasteiger partial charge in [-0.1, -0.05) is 19.1 Å². The first-order valence-electron chi connectivity index (χ1n) is 6.55. The number of carbonyl (C=O) groups is 1. The fraction of sp³-hybridized carbons (Fsp3) is 0.533. The fourth-order valence-corrected chi connectivity index (χ4v) is 2.84. The molecule has 0 aliphatic carbocycles. The van der Waals surface area contributed by atoms with Crippen LogP contribution in [0.4, 0.5) is 5.69 Å². The van der Waals surface area contributed by atoms with Gasteiger partial charge in [-0.3, -0.25) is 4.79 Å². The topological polar surface area (TPSA) is 40.5 Å². The average molecular weight is 247 g/mol. The van der Waals surface area contributed by atoms with Gasteiger partial charge in [0.25, 0.3) is 0 Å². The van der Waals surface area contributed by atoms with Crippen molar-refractivity contribution in [2.45, 2.75) is 45.6 Å². The van der Waals surface area contributed by atoms with Gasteiger partial charge in [0.2, 0.25) is 0 Å². The van der Waals surface area contributed by atoms with E-state index in [1.54, 1.807) is 6.92 Å². The van der Waals surface area contributed by atoms with Crippen LogP contribution in [0, 0.1) is 0 Å². The van der Waals surface area contributed by atoms with Crippen LogP contribution in [0.25, 0.3) is 0 Å². The first-order chi connectivity index (χ1) is 8.43. The Kier molecular flexibility index (Phi) is 3.33. The van der Waals surface area contributed by atoms with E-state index in [1.807, 2.05) is 12.1 Å². The summed E-state index contributed by atoms with van der Waals surface area (Å²) in [6.45, 7) is 9.28. The van der Waals surface area contributed by atoms with E-state index in [0.717, 1.165) is 12.1 Å². The van der Waals surface area contributed by atoms with Crippen molar-refractivity contribution >= 4 is 11.7 Å². The molecule has 18 heavy (non-hydrogen) atoms. The van der Waals surface area contributed by atoms with E-state index in [0.29, 0.717) is 12.0 Å². The van der Waals surface area contributed by atoms with Crippen molar-refractivity contribution in [2.75, 3.05) is 11.4 Å². The maximum Gasteiger partial charge on any atom is 0.310 e. The Bertz CT molecular complexity index is 468. The van der Waals surface area contributed by atoms with Gasteiger partial charge in [0, 0.05) is 24.2 Å². The van der Waals surface area contributed by atoms with Gasteiger partial charge in [0.05, 0.1) is 5.92 Å². The lowest BCUT2D eigenvalue weighted by Gasteiger charge is -2.24. The van der Waals surface area contributed by atoms with Crippen molar-refractivity contribution in [3.05, 3.63) is 29.3 Å². The molecule has 0 saturated carbocycles. The molecular weight excluding hydrogens is 226 g/mol. The van der Waals surface area contributed by atoms with Gasteiger partial charge in [-0.25, -0.2) is 0 Å². The maximum absolute atomic E-state index is 11.2. The maximum atomic E-state index is 11.2. The standard InChI is InChI=1S/C15H21NO2/c1-9(2)16-8-10(3)14-12(11(4)15(17)18)6-5-7-13(14)16/h5-7,9-11H,8H2,1-4H3,(H,17,18). The summed E-state index contributed by atoms with van der Waals surface area (Å²) in [5.41, 5.74) is 3.40. The van der Waals surface area contributed by atoms with Crippen LogP contribution in [-0.2, 0) is 4.79 Å². The SMILES string of the molecule is CC1CN(C(C)C)c2cccc(C(C)C(=O)O)c21. The molecule has 2 atom stereocenters. The number of benzene rings is 1. The largest absolute Gasteiger partial charge is 0.481 e. The summed E-state index contributed by atoms with van der Waals surface area (Å²) >= 11 is 0. The second-order valence-electron chi connectivity index (χ2n) is 5.49. The lowest BCUT2D eigenvalue weighted by Crippen LogP contribution is -2.28. The smallest absolute Gasteiger partial charge is 0.310 e. The summed E-state index contributed by atoms with van der Waals surface area (Å²) < 4.78 is 0. The third-order valence-corrected chi connectivity index (χ3v) is 3.85. The number of carboxylic acid groups (broad SMARTS) is 1. The number of anilines is 1. The predicted molar refractivity (Wildman–Crippen MR) is 73.4 cm³/mol. The van der Waals surface area contributed by atoms with Crippen molar-refractivity contribution in [2.24, 2.45) is 0 Å². The number of carboxylic acids is 1. The fourth-order valence-electron chi connectivity index (χ4n) is 2.84. The highest BCUT2D eigenvalue weighted by molar-refractivity contribution is 5.78. The molecule has 3 nitrogen and oxygen atoms in total. The van der Waals surface area contributed by atoms with Gasteiger partial charge in [0.15, 0.2) is 0 Å². The van der Waals surface area contributed by atoms with Crippen LogP contribution in [0.15, 0.2) is 18.2 Å². The molecule has 1 heterocycles. The van der Waals surface area contributed by atoms with Crippen LogP contribution in [0.3, 0.4) is 0 Å². The molecule has 1 N–H and O–H groups in total. The van der Waals surface area contributed by atoms with E-state index in [-0.39, 0.29) is 0 Å². The van der Waals surface area contributed by atoms with Crippen molar-refractivity contribution < 1.29 is 9.90 Å². The van der Waals surface area contributed by atoms with Gasteiger partial charge in [-0.15, -0.1) is 0 Å². The van der Waals surface area contributed by atoms with Crippen LogP contribution < -0.4 is 4.90 Å². The third kappa shape index (κ3) is 1.98. The monoisotopic (exact) mass is 247 g/mol. The van der Waals surface area contributed by atoms with E-state index in [4.69, 9.17) is 0 Å². The van der Waals surface area contributed by atoms with E-state index < -0.39 is 11.9 Å². The van der Waals surface area contributed by atoms with Gasteiger partial charge in [-0.05, 0) is 38.0 Å². The van der Waals surface area contributed by atoms with Crippen LogP contribution >= 0.6 is 0 Å². The summed E-state index contributed by atoms with van der Waals surface area (Å²) in [6.07, 6.45) is 0. The molecule has 1 aromatic rings. The molecule has 0 amide bonds. The molecule has 2 unspecified atom stereocenters. The number of hydrogen-bond donors (Lipinski definition) is 1. The second kappa shape index (κ2) is 4.63. The number of hydrogen-bond acceptors (Lipinski definition) is 2. The van der Waals surface area contributed by atoms with Crippen LogP contribution in [-0.4, -0.2) is 23.7 Å². The minimum Gasteiger partial charge on any atom is -0.481 e. The van der Waals surface area contributed by atoms with Crippen molar-refractivity contribution in [3.63, 3.8) is 0 Å². The zero-order chi connectivity index (χ0) is 13.4. The van der Waals surface area contributed by atoms with E-state index >= 15 is 0 Å². The molecule has 3 heteroatoms. The highest BCUT2D eigenvalue weighted by atomic mass is 16.4. The zero-order valence-corrected chi connectivity index (χ0v) is 11.5. The Balaban J connectivity index is 2.51. The van der Waals surface area contributed by atoms with E-state index in [2.05, 4.69) is 31.7 Å². The predicted octanol–water partition coefficient (Wildman–Crippen LogP) is 3.21. The third-order valence-electron chi connectivity index (χ3n) is 3.85. The summed E-state index contributed by atoms with van der Waals surface area (Å²) in [5, 5.41) is 9.21. The van der Waals surface area contributed by atoms with Gasteiger partial charge in [-0.2, -0.15) is 0 Å². The lowest BCUT2D eigenvalue weighted by atomic mass is 9.90. The summed E-state index contributed by atoms with van der Waals surface area (Å²) in [6, 6.07) is 6.49. The van der Waals surface area contributed by atoms with Crippen LogP contribution in [0.1, 0.15) is 50.7 Å². The summed E-state index contributed by atoms with van der Waals surface area (Å²) in [5.74, 6) is -0.784. The number of nitrogens with zero attached hydrogens (tertiary/aromatic N) is 1. The van der Waals surface area contributed by atoms with Crippen LogP contribution in [0.2, 0.25) is 0 Å². The molecule has 0 spiro atoms. The Morgan fingerprint density at radius 1 is 1.39 bits per heavy atom. The molecule has 0 radical (unpaired) electrons. The molecule has 0 bridgehead atoms. The Morgan fingerprint density at radius 2 is 2.06 bits per heavy atom. The summed E-state index contributed by atoms with van der Waals surface area (Å²) in [4.78, 5) is 13.6. The first-order valence-corrected chi connectivity index (χ1v) is 6.55. The van der Waals surface area contributed by atoms with Crippen LogP contribution in [0.5, 0.6) is 0 Å². The molecule has 0 aromatic heterocycles. The van der Waals surface area contributed by atoms with Gasteiger partial charge in [0.1, 0.15) is 0 Å². The second-order valence-corrected chi connectivity index (χ2v) is 5.49. The van der Waals surface area contributed by atoms with E-state index in [1.165, 1.54) is 11.3 Å². The minimum atomic E-state index is -0.751. The van der Waals surface area contributed by atoms with Gasteiger partial charge < -0.3 is 10.0 Å². The molecule has 0 saturated heterocycles. The molecule has 98 valence electrons. The Morgan fingerprint density at radius 3 is 2.61 bits per heavy atom. The normalized spacial score (nSPS) is 20.1.